The third kappa shape index (κ3) is 3.88. The van der Waals surface area contributed by atoms with Crippen LogP contribution in [0.15, 0.2) is 82.5 Å². The highest BCUT2D eigenvalue weighted by molar-refractivity contribution is 9.10. The third-order valence-electron chi connectivity index (χ3n) is 5.93. The number of carbonyl (C=O) groups excluding carboxylic acids is 1. The Bertz CT molecular complexity index is 1210. The summed E-state index contributed by atoms with van der Waals surface area (Å²) in [5, 5.41) is 7.70. The molecule has 31 heavy (non-hydrogen) atoms. The lowest BCUT2D eigenvalue weighted by Crippen LogP contribution is -2.26. The Morgan fingerprint density at radius 1 is 0.935 bits per heavy atom. The minimum atomic E-state index is -0.373. The van der Waals surface area contributed by atoms with Crippen molar-refractivity contribution in [2.75, 3.05) is 10.6 Å². The van der Waals surface area contributed by atoms with E-state index < -0.39 is 0 Å². The Morgan fingerprint density at radius 2 is 1.65 bits per heavy atom. The van der Waals surface area contributed by atoms with Crippen molar-refractivity contribution in [1.29, 1.82) is 0 Å². The lowest BCUT2D eigenvalue weighted by molar-refractivity contribution is -0.116. The average molecular weight is 498 g/mol. The van der Waals surface area contributed by atoms with Crippen LogP contribution in [0, 0.1) is 5.82 Å². The molecule has 156 valence electrons. The van der Waals surface area contributed by atoms with Crippen molar-refractivity contribution >= 4 is 44.7 Å². The van der Waals surface area contributed by atoms with E-state index in [1.165, 1.54) is 6.07 Å². The van der Waals surface area contributed by atoms with E-state index in [2.05, 4.69) is 26.6 Å². The number of nitrogens with one attached hydrogen (secondary N) is 2. The Morgan fingerprint density at radius 3 is 2.39 bits per heavy atom. The quantitative estimate of drug-likeness (QED) is 0.393. The van der Waals surface area contributed by atoms with Crippen LogP contribution < -0.4 is 10.6 Å². The van der Waals surface area contributed by atoms with Gasteiger partial charge in [0.25, 0.3) is 0 Å². The molecule has 2 unspecified atom stereocenters. The maximum absolute atomic E-state index is 13.9. The molecule has 1 aliphatic heterocycles. The minimum absolute atomic E-state index is 0.0712. The number of hydrogen-bond acceptors (Lipinski definition) is 3. The van der Waals surface area contributed by atoms with E-state index >= 15 is 0 Å². The van der Waals surface area contributed by atoms with Crippen LogP contribution in [0.2, 0.25) is 5.02 Å². The van der Waals surface area contributed by atoms with Crippen LogP contribution in [-0.2, 0) is 4.79 Å². The number of ketones is 1. The predicted molar refractivity (Wildman–Crippen MR) is 126 cm³/mol. The number of para-hydroxylation sites is 2. The second-order valence-electron chi connectivity index (χ2n) is 7.89. The van der Waals surface area contributed by atoms with E-state index in [9.17, 15) is 9.18 Å². The summed E-state index contributed by atoms with van der Waals surface area (Å²) < 4.78 is 14.3. The van der Waals surface area contributed by atoms with Gasteiger partial charge in [0, 0.05) is 22.7 Å². The summed E-state index contributed by atoms with van der Waals surface area (Å²) in [6, 6.07) is 20.1. The zero-order valence-electron chi connectivity index (χ0n) is 16.5. The van der Waals surface area contributed by atoms with Gasteiger partial charge in [-0.25, -0.2) is 4.39 Å². The van der Waals surface area contributed by atoms with Gasteiger partial charge in [0.2, 0.25) is 0 Å². The summed E-state index contributed by atoms with van der Waals surface area (Å²) in [7, 11) is 0. The summed E-state index contributed by atoms with van der Waals surface area (Å²) in [5.41, 5.74) is 5.36. The first-order valence-electron chi connectivity index (χ1n) is 10.1. The summed E-state index contributed by atoms with van der Waals surface area (Å²) in [4.78, 5) is 13.5. The molecule has 0 radical (unpaired) electrons. The molecule has 3 aromatic rings. The first-order chi connectivity index (χ1) is 15.0. The Balaban J connectivity index is 1.61. The molecule has 0 fully saturated rings. The molecule has 0 spiro atoms. The number of halogens is 3. The van der Waals surface area contributed by atoms with Crippen LogP contribution in [0.5, 0.6) is 0 Å². The molecule has 3 nitrogen and oxygen atoms in total. The lowest BCUT2D eigenvalue weighted by atomic mass is 9.78. The molecule has 0 saturated carbocycles. The number of benzene rings is 3. The lowest BCUT2D eigenvalue weighted by Gasteiger charge is -2.30. The van der Waals surface area contributed by atoms with Crippen molar-refractivity contribution in [1.82, 2.24) is 0 Å². The molecular weight excluding hydrogens is 479 g/mol. The fraction of sp³-hybridized carbons (Fsp3) is 0.160. The number of carbonyl (C=O) groups is 1. The second kappa shape index (κ2) is 8.13. The monoisotopic (exact) mass is 496 g/mol. The van der Waals surface area contributed by atoms with E-state index in [0.29, 0.717) is 27.9 Å². The van der Waals surface area contributed by atoms with Crippen LogP contribution in [-0.4, -0.2) is 5.78 Å². The first-order valence-corrected chi connectivity index (χ1v) is 11.3. The van der Waals surface area contributed by atoms with Gasteiger partial charge in [-0.2, -0.15) is 0 Å². The number of anilines is 2. The highest BCUT2D eigenvalue weighted by atomic mass is 79.9. The van der Waals surface area contributed by atoms with E-state index in [1.54, 1.807) is 12.1 Å². The second-order valence-corrected chi connectivity index (χ2v) is 9.18. The highest BCUT2D eigenvalue weighted by Gasteiger charge is 2.36. The normalized spacial score (nSPS) is 20.3. The van der Waals surface area contributed by atoms with Crippen molar-refractivity contribution in [2.45, 2.75) is 24.8 Å². The fourth-order valence-electron chi connectivity index (χ4n) is 4.40. The standard InChI is InChI=1S/C25H19BrClFN2O/c26-18-11-15(7-10-19(18)28)25-24-22(29-20-3-1-2-4-21(20)30-25)12-16(13-23(24)31)14-5-8-17(27)9-6-14/h1-11,16,25,29-30H,12-13H2. The molecule has 0 aromatic heterocycles. The number of rotatable bonds is 2. The molecule has 2 aliphatic rings. The number of fused-ring (bicyclic) bond motifs is 1. The maximum Gasteiger partial charge on any atom is 0.163 e. The van der Waals surface area contributed by atoms with Gasteiger partial charge < -0.3 is 10.6 Å². The van der Waals surface area contributed by atoms with Crippen LogP contribution in [0.25, 0.3) is 0 Å². The molecule has 5 rings (SSSR count). The minimum Gasteiger partial charge on any atom is -0.372 e. The molecule has 3 aromatic carbocycles. The number of Topliss-reactive ketones (excluding diaryl/α,β-unsaturated/α-hetero) is 1. The fourth-order valence-corrected chi connectivity index (χ4v) is 4.93. The van der Waals surface area contributed by atoms with Crippen molar-refractivity contribution in [2.24, 2.45) is 0 Å². The molecule has 1 aliphatic carbocycles. The SMILES string of the molecule is O=C1CC(c2ccc(Cl)cc2)CC2=C1C(c1ccc(F)c(Br)c1)Nc1ccccc1N2. The van der Waals surface area contributed by atoms with E-state index in [-0.39, 0.29) is 23.6 Å². The van der Waals surface area contributed by atoms with Crippen molar-refractivity contribution in [3.8, 4) is 0 Å². The highest BCUT2D eigenvalue weighted by Crippen LogP contribution is 2.44. The van der Waals surface area contributed by atoms with Crippen molar-refractivity contribution in [3.63, 3.8) is 0 Å². The van der Waals surface area contributed by atoms with Crippen LogP contribution in [0.4, 0.5) is 15.8 Å². The molecule has 2 N–H and O–H groups in total. The third-order valence-corrected chi connectivity index (χ3v) is 6.79. The molecule has 2 atom stereocenters. The molecule has 0 saturated heterocycles. The van der Waals surface area contributed by atoms with E-state index in [1.807, 2.05) is 48.5 Å². The van der Waals surface area contributed by atoms with Gasteiger partial charge in [-0.05, 0) is 75.8 Å². The Hall–Kier alpha value is -2.63. The van der Waals surface area contributed by atoms with Gasteiger partial charge in [0.1, 0.15) is 5.82 Å². The van der Waals surface area contributed by atoms with Gasteiger partial charge in [0.15, 0.2) is 5.78 Å². The van der Waals surface area contributed by atoms with Crippen molar-refractivity contribution < 1.29 is 9.18 Å². The summed E-state index contributed by atoms with van der Waals surface area (Å²) in [6.45, 7) is 0. The zero-order valence-corrected chi connectivity index (χ0v) is 18.8. The number of allylic oxidation sites excluding steroid dienone is 1. The van der Waals surface area contributed by atoms with Gasteiger partial charge in [0.05, 0.1) is 21.9 Å². The van der Waals surface area contributed by atoms with Gasteiger partial charge in [-0.3, -0.25) is 4.79 Å². The van der Waals surface area contributed by atoms with E-state index in [4.69, 9.17) is 11.6 Å². The molecule has 0 amide bonds. The summed E-state index contributed by atoms with van der Waals surface area (Å²) in [6.07, 6.45) is 1.12. The zero-order chi connectivity index (χ0) is 21.5. The van der Waals surface area contributed by atoms with Gasteiger partial charge in [-0.1, -0.05) is 41.9 Å². The topological polar surface area (TPSA) is 41.1 Å². The first kappa shape index (κ1) is 20.3. The van der Waals surface area contributed by atoms with Crippen LogP contribution in [0.1, 0.15) is 35.9 Å². The molecule has 0 bridgehead atoms. The summed E-state index contributed by atoms with van der Waals surface area (Å²) >= 11 is 9.33. The van der Waals surface area contributed by atoms with E-state index in [0.717, 1.165) is 28.2 Å². The van der Waals surface area contributed by atoms with Gasteiger partial charge in [-0.15, -0.1) is 0 Å². The Labute approximate surface area is 193 Å². The van der Waals surface area contributed by atoms with Crippen LogP contribution in [0.3, 0.4) is 0 Å². The molecule has 1 heterocycles. The Kier molecular flexibility index (Phi) is 5.32. The largest absolute Gasteiger partial charge is 0.372 e. The van der Waals surface area contributed by atoms with Crippen LogP contribution >= 0.6 is 27.5 Å². The maximum atomic E-state index is 13.9. The van der Waals surface area contributed by atoms with Gasteiger partial charge >= 0.3 is 0 Å². The molecular formula is C25H19BrClFN2O. The number of hydrogen-bond donors (Lipinski definition) is 2. The smallest absolute Gasteiger partial charge is 0.163 e. The summed E-state index contributed by atoms with van der Waals surface area (Å²) in [5.74, 6) is -0.177. The van der Waals surface area contributed by atoms with Crippen molar-refractivity contribution in [3.05, 3.63) is 104 Å². The predicted octanol–water partition coefficient (Wildman–Crippen LogP) is 7.22. The molecule has 6 heteroatoms. The average Bonchev–Trinajstić information content (AvgIpc) is 2.93.